The predicted octanol–water partition coefficient (Wildman–Crippen LogP) is 3.02. The SMILES string of the molecule is C[C@H](NC(=O)CCC1CCNC1)c1ccc(Br)cc1. The third kappa shape index (κ3) is 4.62. The molecule has 1 aromatic rings. The zero-order valence-electron chi connectivity index (χ0n) is 11.3. The Morgan fingerprint density at radius 1 is 1.47 bits per heavy atom. The summed E-state index contributed by atoms with van der Waals surface area (Å²) < 4.78 is 1.06. The Kier molecular flexibility index (Phi) is 5.40. The molecule has 0 saturated carbocycles. The summed E-state index contributed by atoms with van der Waals surface area (Å²) in [6.07, 6.45) is 2.83. The van der Waals surface area contributed by atoms with Gasteiger partial charge in [0.2, 0.25) is 5.91 Å². The van der Waals surface area contributed by atoms with Gasteiger partial charge in [-0.2, -0.15) is 0 Å². The molecular formula is C15H21BrN2O. The Bertz CT molecular complexity index is 413. The van der Waals surface area contributed by atoms with Gasteiger partial charge in [0, 0.05) is 10.9 Å². The Balaban J connectivity index is 1.76. The van der Waals surface area contributed by atoms with Crippen LogP contribution in [-0.4, -0.2) is 19.0 Å². The second kappa shape index (κ2) is 7.06. The summed E-state index contributed by atoms with van der Waals surface area (Å²) in [5.41, 5.74) is 1.14. The maximum atomic E-state index is 11.9. The quantitative estimate of drug-likeness (QED) is 0.874. The van der Waals surface area contributed by atoms with Gasteiger partial charge in [-0.3, -0.25) is 4.79 Å². The van der Waals surface area contributed by atoms with E-state index in [1.165, 1.54) is 6.42 Å². The summed E-state index contributed by atoms with van der Waals surface area (Å²) in [4.78, 5) is 11.9. The number of carbonyl (C=O) groups excluding carboxylic acids is 1. The number of nitrogens with one attached hydrogen (secondary N) is 2. The van der Waals surface area contributed by atoms with Gasteiger partial charge in [-0.25, -0.2) is 0 Å². The van der Waals surface area contributed by atoms with E-state index < -0.39 is 0 Å². The van der Waals surface area contributed by atoms with Gasteiger partial charge >= 0.3 is 0 Å². The topological polar surface area (TPSA) is 41.1 Å². The minimum absolute atomic E-state index is 0.0716. The van der Waals surface area contributed by atoms with Crippen molar-refractivity contribution >= 4 is 21.8 Å². The highest BCUT2D eigenvalue weighted by Crippen LogP contribution is 2.18. The minimum atomic E-state index is 0.0716. The van der Waals surface area contributed by atoms with Crippen LogP contribution in [0.2, 0.25) is 0 Å². The van der Waals surface area contributed by atoms with E-state index in [1.54, 1.807) is 0 Å². The lowest BCUT2D eigenvalue weighted by atomic mass is 10.0. The molecule has 1 heterocycles. The van der Waals surface area contributed by atoms with Crippen molar-refractivity contribution in [2.75, 3.05) is 13.1 Å². The van der Waals surface area contributed by atoms with Crippen molar-refractivity contribution in [3.8, 4) is 0 Å². The van der Waals surface area contributed by atoms with Crippen LogP contribution in [0.1, 0.15) is 37.8 Å². The first-order valence-corrected chi connectivity index (χ1v) is 7.70. The summed E-state index contributed by atoms with van der Waals surface area (Å²) in [5.74, 6) is 0.830. The van der Waals surface area contributed by atoms with Gasteiger partial charge < -0.3 is 10.6 Å². The van der Waals surface area contributed by atoms with Crippen molar-refractivity contribution in [2.24, 2.45) is 5.92 Å². The Hall–Kier alpha value is -0.870. The molecule has 1 saturated heterocycles. The predicted molar refractivity (Wildman–Crippen MR) is 80.9 cm³/mol. The normalized spacial score (nSPS) is 20.2. The average Bonchev–Trinajstić information content (AvgIpc) is 2.90. The molecule has 0 aromatic heterocycles. The summed E-state index contributed by atoms with van der Waals surface area (Å²) in [6.45, 7) is 4.19. The Labute approximate surface area is 123 Å². The van der Waals surface area contributed by atoms with Crippen LogP contribution < -0.4 is 10.6 Å². The van der Waals surface area contributed by atoms with Crippen LogP contribution >= 0.6 is 15.9 Å². The summed E-state index contributed by atoms with van der Waals surface area (Å²) >= 11 is 3.41. The van der Waals surface area contributed by atoms with Crippen LogP contribution in [0.3, 0.4) is 0 Å². The van der Waals surface area contributed by atoms with Gasteiger partial charge in [0.25, 0.3) is 0 Å². The monoisotopic (exact) mass is 324 g/mol. The molecule has 104 valence electrons. The molecule has 0 spiro atoms. The van der Waals surface area contributed by atoms with Gasteiger partial charge in [-0.1, -0.05) is 28.1 Å². The molecule has 0 radical (unpaired) electrons. The van der Waals surface area contributed by atoms with Crippen molar-refractivity contribution in [1.29, 1.82) is 0 Å². The molecule has 1 amide bonds. The zero-order chi connectivity index (χ0) is 13.7. The lowest BCUT2D eigenvalue weighted by Crippen LogP contribution is -2.27. The molecule has 1 fully saturated rings. The third-order valence-corrected chi connectivity index (χ3v) is 4.22. The van der Waals surface area contributed by atoms with Gasteiger partial charge in [0.1, 0.15) is 0 Å². The molecule has 2 N–H and O–H groups in total. The highest BCUT2D eigenvalue weighted by Gasteiger charge is 2.16. The van der Waals surface area contributed by atoms with Gasteiger partial charge in [0.05, 0.1) is 6.04 Å². The minimum Gasteiger partial charge on any atom is -0.350 e. The lowest BCUT2D eigenvalue weighted by molar-refractivity contribution is -0.122. The Morgan fingerprint density at radius 3 is 2.84 bits per heavy atom. The fourth-order valence-electron chi connectivity index (χ4n) is 2.44. The van der Waals surface area contributed by atoms with Crippen LogP contribution in [-0.2, 0) is 4.79 Å². The van der Waals surface area contributed by atoms with Crippen molar-refractivity contribution in [3.05, 3.63) is 34.3 Å². The maximum Gasteiger partial charge on any atom is 0.220 e. The van der Waals surface area contributed by atoms with Crippen molar-refractivity contribution in [1.82, 2.24) is 10.6 Å². The molecule has 1 aliphatic heterocycles. The smallest absolute Gasteiger partial charge is 0.220 e. The fourth-order valence-corrected chi connectivity index (χ4v) is 2.71. The molecule has 0 bridgehead atoms. The number of hydrogen-bond donors (Lipinski definition) is 2. The molecule has 4 heteroatoms. The third-order valence-electron chi connectivity index (χ3n) is 3.69. The van der Waals surface area contributed by atoms with Crippen molar-refractivity contribution in [2.45, 2.75) is 32.2 Å². The van der Waals surface area contributed by atoms with Crippen LogP contribution in [0.4, 0.5) is 0 Å². The van der Waals surface area contributed by atoms with Gasteiger partial charge in [0.15, 0.2) is 0 Å². The molecule has 1 unspecified atom stereocenters. The maximum absolute atomic E-state index is 11.9. The molecular weight excluding hydrogens is 304 g/mol. The fraction of sp³-hybridized carbons (Fsp3) is 0.533. The molecule has 2 atom stereocenters. The standard InChI is InChI=1S/C15H21BrN2O/c1-11(13-3-5-14(16)6-4-13)18-15(19)7-2-12-8-9-17-10-12/h3-6,11-12,17H,2,7-10H2,1H3,(H,18,19)/t11-,12?/m0/s1. The number of rotatable bonds is 5. The second-order valence-electron chi connectivity index (χ2n) is 5.24. The first-order chi connectivity index (χ1) is 9.15. The molecule has 0 aliphatic carbocycles. The van der Waals surface area contributed by atoms with E-state index in [-0.39, 0.29) is 11.9 Å². The van der Waals surface area contributed by atoms with Crippen molar-refractivity contribution in [3.63, 3.8) is 0 Å². The van der Waals surface area contributed by atoms with Crippen LogP contribution in [0, 0.1) is 5.92 Å². The van der Waals surface area contributed by atoms with Crippen LogP contribution in [0.15, 0.2) is 28.7 Å². The highest BCUT2D eigenvalue weighted by atomic mass is 79.9. The van der Waals surface area contributed by atoms with E-state index in [2.05, 4.69) is 26.6 Å². The number of hydrogen-bond acceptors (Lipinski definition) is 2. The van der Waals surface area contributed by atoms with Gasteiger partial charge in [-0.15, -0.1) is 0 Å². The number of amides is 1. The number of halogens is 1. The lowest BCUT2D eigenvalue weighted by Gasteiger charge is -2.15. The average molecular weight is 325 g/mol. The summed E-state index contributed by atoms with van der Waals surface area (Å²) in [5, 5.41) is 6.40. The largest absolute Gasteiger partial charge is 0.350 e. The number of carbonyl (C=O) groups is 1. The molecule has 1 aliphatic rings. The number of benzene rings is 1. The van der Waals surface area contributed by atoms with Crippen molar-refractivity contribution < 1.29 is 4.79 Å². The Morgan fingerprint density at radius 2 is 2.21 bits per heavy atom. The molecule has 1 aromatic carbocycles. The molecule has 19 heavy (non-hydrogen) atoms. The highest BCUT2D eigenvalue weighted by molar-refractivity contribution is 9.10. The van der Waals surface area contributed by atoms with E-state index in [0.717, 1.165) is 29.5 Å². The van der Waals surface area contributed by atoms with E-state index >= 15 is 0 Å². The summed E-state index contributed by atoms with van der Waals surface area (Å²) in [6, 6.07) is 8.15. The van der Waals surface area contributed by atoms with Gasteiger partial charge in [-0.05, 0) is 56.5 Å². The van der Waals surface area contributed by atoms with Crippen LogP contribution in [0.25, 0.3) is 0 Å². The van der Waals surface area contributed by atoms with E-state index in [1.807, 2.05) is 31.2 Å². The van der Waals surface area contributed by atoms with E-state index in [9.17, 15) is 4.79 Å². The zero-order valence-corrected chi connectivity index (χ0v) is 12.9. The molecule has 3 nitrogen and oxygen atoms in total. The van der Waals surface area contributed by atoms with Crippen LogP contribution in [0.5, 0.6) is 0 Å². The first kappa shape index (κ1) is 14.5. The molecule has 2 rings (SSSR count). The van der Waals surface area contributed by atoms with E-state index in [4.69, 9.17) is 0 Å². The van der Waals surface area contributed by atoms with E-state index in [0.29, 0.717) is 12.3 Å². The summed E-state index contributed by atoms with van der Waals surface area (Å²) in [7, 11) is 0. The first-order valence-electron chi connectivity index (χ1n) is 6.90. The second-order valence-corrected chi connectivity index (χ2v) is 6.15.